The molecule has 1 aliphatic rings. The first-order chi connectivity index (χ1) is 8.39. The first kappa shape index (κ1) is 13.3. The fraction of sp³-hybridized carbons (Fsp3) is 0.500. The fourth-order valence-corrected chi connectivity index (χ4v) is 2.51. The molecule has 1 fully saturated rings. The van der Waals surface area contributed by atoms with Gasteiger partial charge in [0.2, 0.25) is 0 Å². The van der Waals surface area contributed by atoms with Crippen molar-refractivity contribution in [2.45, 2.75) is 26.4 Å². The molecule has 2 rings (SSSR count). The number of hydrogen-bond donors (Lipinski definition) is 1. The maximum atomic E-state index is 5.81. The number of hydrogen-bond acceptors (Lipinski definition) is 3. The van der Waals surface area contributed by atoms with Crippen LogP contribution in [-0.4, -0.2) is 30.3 Å². The van der Waals surface area contributed by atoms with Crippen molar-refractivity contribution in [3.63, 3.8) is 0 Å². The third-order valence-corrected chi connectivity index (χ3v) is 3.40. The molecule has 0 spiro atoms. The van der Waals surface area contributed by atoms with Crippen molar-refractivity contribution in [1.29, 1.82) is 0 Å². The maximum absolute atomic E-state index is 5.81. The molecule has 1 heterocycles. The number of morpholine rings is 1. The molecule has 4 heteroatoms. The minimum Gasteiger partial charge on any atom is -0.389 e. The summed E-state index contributed by atoms with van der Waals surface area (Å²) in [7, 11) is 0. The predicted molar refractivity (Wildman–Crippen MR) is 79.3 cm³/mol. The first-order valence-corrected chi connectivity index (χ1v) is 6.59. The topological polar surface area (TPSA) is 38.5 Å². The average molecular weight is 264 g/mol. The van der Waals surface area contributed by atoms with E-state index < -0.39 is 0 Å². The molecular formula is C14H20N2OS. The second-order valence-electron chi connectivity index (χ2n) is 5.41. The van der Waals surface area contributed by atoms with Crippen molar-refractivity contribution in [3.05, 3.63) is 29.3 Å². The quantitative estimate of drug-likeness (QED) is 0.832. The Bertz CT molecular complexity index is 471. The normalized spacial score (nSPS) is 18.7. The summed E-state index contributed by atoms with van der Waals surface area (Å²) in [6, 6.07) is 6.20. The van der Waals surface area contributed by atoms with Crippen LogP contribution in [0.1, 0.15) is 25.0 Å². The first-order valence-electron chi connectivity index (χ1n) is 6.18. The zero-order valence-corrected chi connectivity index (χ0v) is 12.0. The number of nitrogens with two attached hydrogens (primary N) is 1. The van der Waals surface area contributed by atoms with Gasteiger partial charge in [-0.25, -0.2) is 0 Å². The molecule has 1 aromatic carbocycles. The minimum atomic E-state index is -0.129. The number of rotatable bonds is 2. The maximum Gasteiger partial charge on any atom is 0.106 e. The van der Waals surface area contributed by atoms with Gasteiger partial charge in [-0.3, -0.25) is 0 Å². The molecule has 18 heavy (non-hydrogen) atoms. The lowest BCUT2D eigenvalue weighted by Gasteiger charge is -2.40. The van der Waals surface area contributed by atoms with Crippen molar-refractivity contribution in [1.82, 2.24) is 0 Å². The van der Waals surface area contributed by atoms with E-state index in [1.807, 2.05) is 12.1 Å². The van der Waals surface area contributed by atoms with Gasteiger partial charge >= 0.3 is 0 Å². The van der Waals surface area contributed by atoms with E-state index in [1.54, 1.807) is 0 Å². The average Bonchev–Trinajstić information content (AvgIpc) is 2.27. The van der Waals surface area contributed by atoms with E-state index in [2.05, 4.69) is 31.7 Å². The largest absolute Gasteiger partial charge is 0.389 e. The zero-order chi connectivity index (χ0) is 13.3. The van der Waals surface area contributed by atoms with Gasteiger partial charge in [-0.1, -0.05) is 18.3 Å². The molecular weight excluding hydrogens is 244 g/mol. The van der Waals surface area contributed by atoms with Crippen LogP contribution in [0, 0.1) is 6.92 Å². The lowest BCUT2D eigenvalue weighted by molar-refractivity contribution is -0.0277. The van der Waals surface area contributed by atoms with Gasteiger partial charge in [0.15, 0.2) is 0 Å². The Labute approximate surface area is 114 Å². The van der Waals surface area contributed by atoms with Gasteiger partial charge in [-0.15, -0.1) is 0 Å². The standard InChI is InChI=1S/C14H20N2OS/c1-10-4-5-11(13(15)18)12(8-10)16-6-7-17-14(2,3)9-16/h4-5,8H,6-7,9H2,1-3H3,(H2,15,18). The summed E-state index contributed by atoms with van der Waals surface area (Å²) in [5.41, 5.74) is 8.98. The van der Waals surface area contributed by atoms with Crippen LogP contribution < -0.4 is 10.6 Å². The van der Waals surface area contributed by atoms with Crippen molar-refractivity contribution < 1.29 is 4.74 Å². The van der Waals surface area contributed by atoms with E-state index in [0.29, 0.717) is 4.99 Å². The van der Waals surface area contributed by atoms with E-state index in [9.17, 15) is 0 Å². The number of thiocarbonyl (C=S) groups is 1. The Morgan fingerprint density at radius 1 is 1.44 bits per heavy atom. The van der Waals surface area contributed by atoms with Gasteiger partial charge in [0.05, 0.1) is 12.2 Å². The summed E-state index contributed by atoms with van der Waals surface area (Å²) in [5, 5.41) is 0. The van der Waals surface area contributed by atoms with Gasteiger partial charge in [0, 0.05) is 24.3 Å². The molecule has 1 aromatic rings. The molecule has 0 atom stereocenters. The Balaban J connectivity index is 2.37. The summed E-state index contributed by atoms with van der Waals surface area (Å²) in [6.07, 6.45) is 0. The molecule has 0 unspecified atom stereocenters. The van der Waals surface area contributed by atoms with Crippen molar-refractivity contribution >= 4 is 22.9 Å². The van der Waals surface area contributed by atoms with Gasteiger partial charge in [0.1, 0.15) is 4.99 Å². The SMILES string of the molecule is Cc1ccc(C(N)=S)c(N2CCOC(C)(C)C2)c1. The molecule has 0 bridgehead atoms. The smallest absolute Gasteiger partial charge is 0.106 e. The summed E-state index contributed by atoms with van der Waals surface area (Å²) in [5.74, 6) is 0. The molecule has 0 amide bonds. The van der Waals surface area contributed by atoms with Crippen LogP contribution in [-0.2, 0) is 4.74 Å². The van der Waals surface area contributed by atoms with E-state index in [4.69, 9.17) is 22.7 Å². The monoisotopic (exact) mass is 264 g/mol. The van der Waals surface area contributed by atoms with Gasteiger partial charge in [-0.2, -0.15) is 0 Å². The molecule has 0 aliphatic carbocycles. The van der Waals surface area contributed by atoms with Crippen molar-refractivity contribution in [3.8, 4) is 0 Å². The highest BCUT2D eigenvalue weighted by Gasteiger charge is 2.28. The fourth-order valence-electron chi connectivity index (χ4n) is 2.33. The van der Waals surface area contributed by atoms with Crippen LogP contribution >= 0.6 is 12.2 Å². The van der Waals surface area contributed by atoms with E-state index in [0.717, 1.165) is 30.9 Å². The van der Waals surface area contributed by atoms with Gasteiger partial charge in [0.25, 0.3) is 0 Å². The molecule has 98 valence electrons. The molecule has 3 nitrogen and oxygen atoms in total. The highest BCUT2D eigenvalue weighted by atomic mass is 32.1. The molecule has 0 saturated carbocycles. The highest BCUT2D eigenvalue weighted by Crippen LogP contribution is 2.27. The van der Waals surface area contributed by atoms with Crippen LogP contribution in [0.2, 0.25) is 0 Å². The van der Waals surface area contributed by atoms with Crippen molar-refractivity contribution in [2.75, 3.05) is 24.6 Å². The summed E-state index contributed by atoms with van der Waals surface area (Å²) < 4.78 is 5.74. The van der Waals surface area contributed by atoms with Crippen LogP contribution in [0.15, 0.2) is 18.2 Å². The number of nitrogens with zero attached hydrogens (tertiary/aromatic N) is 1. The Hall–Kier alpha value is -1.13. The molecule has 1 aliphatic heterocycles. The van der Waals surface area contributed by atoms with Crippen LogP contribution in [0.3, 0.4) is 0 Å². The molecule has 1 saturated heterocycles. The second kappa shape index (κ2) is 4.86. The lowest BCUT2D eigenvalue weighted by atomic mass is 10.0. The van der Waals surface area contributed by atoms with Crippen LogP contribution in [0.4, 0.5) is 5.69 Å². The Morgan fingerprint density at radius 3 is 2.78 bits per heavy atom. The minimum absolute atomic E-state index is 0.129. The van der Waals surface area contributed by atoms with E-state index in [1.165, 1.54) is 5.56 Å². The van der Waals surface area contributed by atoms with E-state index in [-0.39, 0.29) is 5.60 Å². The Morgan fingerprint density at radius 2 is 2.17 bits per heavy atom. The summed E-state index contributed by atoms with van der Waals surface area (Å²) in [6.45, 7) is 8.76. The zero-order valence-electron chi connectivity index (χ0n) is 11.2. The van der Waals surface area contributed by atoms with Crippen LogP contribution in [0.5, 0.6) is 0 Å². The molecule has 0 aromatic heterocycles. The second-order valence-corrected chi connectivity index (χ2v) is 5.85. The summed E-state index contributed by atoms with van der Waals surface area (Å²) >= 11 is 5.14. The van der Waals surface area contributed by atoms with Crippen molar-refractivity contribution in [2.24, 2.45) is 5.73 Å². The number of anilines is 1. The number of benzene rings is 1. The predicted octanol–water partition coefficient (Wildman–Crippen LogP) is 2.24. The summed E-state index contributed by atoms with van der Waals surface area (Å²) in [4.78, 5) is 2.76. The number of aryl methyl sites for hydroxylation is 1. The Kier molecular flexibility index (Phi) is 3.59. The molecule has 2 N–H and O–H groups in total. The third kappa shape index (κ3) is 2.82. The highest BCUT2D eigenvalue weighted by molar-refractivity contribution is 7.80. The third-order valence-electron chi connectivity index (χ3n) is 3.19. The van der Waals surface area contributed by atoms with E-state index >= 15 is 0 Å². The van der Waals surface area contributed by atoms with Gasteiger partial charge in [-0.05, 0) is 38.5 Å². The lowest BCUT2D eigenvalue weighted by Crippen LogP contribution is -2.48. The van der Waals surface area contributed by atoms with Gasteiger partial charge < -0.3 is 15.4 Å². The number of ether oxygens (including phenoxy) is 1. The van der Waals surface area contributed by atoms with Crippen LogP contribution in [0.25, 0.3) is 0 Å². The molecule has 0 radical (unpaired) electrons.